The van der Waals surface area contributed by atoms with Gasteiger partial charge in [0.15, 0.2) is 0 Å². The monoisotopic (exact) mass is 285 g/mol. The molecule has 1 unspecified atom stereocenters. The summed E-state index contributed by atoms with van der Waals surface area (Å²) in [7, 11) is 0. The molecule has 4 heteroatoms. The molecule has 0 aromatic heterocycles. The van der Waals surface area contributed by atoms with Gasteiger partial charge in [-0.05, 0) is 52.4 Å². The predicted molar refractivity (Wildman–Crippen MR) is 66.2 cm³/mol. The number of nitrogens with one attached hydrogen (secondary N) is 1. The van der Waals surface area contributed by atoms with E-state index in [9.17, 15) is 10.2 Å². The Labute approximate surface area is 104 Å². The van der Waals surface area contributed by atoms with Crippen LogP contribution in [0.5, 0.6) is 5.75 Å². The second-order valence-corrected chi connectivity index (χ2v) is 5.18. The van der Waals surface area contributed by atoms with Crippen LogP contribution in [0.3, 0.4) is 0 Å². The van der Waals surface area contributed by atoms with Gasteiger partial charge in [-0.2, -0.15) is 0 Å². The first kappa shape index (κ1) is 11.9. The molecule has 2 rings (SSSR count). The quantitative estimate of drug-likeness (QED) is 0.776. The Morgan fingerprint density at radius 1 is 1.44 bits per heavy atom. The van der Waals surface area contributed by atoms with Crippen LogP contribution in [-0.4, -0.2) is 22.9 Å². The van der Waals surface area contributed by atoms with Gasteiger partial charge in [0.1, 0.15) is 5.75 Å². The van der Waals surface area contributed by atoms with Crippen LogP contribution in [0.2, 0.25) is 0 Å². The number of phenols is 1. The summed E-state index contributed by atoms with van der Waals surface area (Å²) >= 11 is 3.27. The molecule has 0 heterocycles. The van der Waals surface area contributed by atoms with Crippen LogP contribution in [0.1, 0.15) is 18.4 Å². The number of hydrogen-bond acceptors (Lipinski definition) is 3. The number of rotatable bonds is 5. The topological polar surface area (TPSA) is 52.5 Å². The van der Waals surface area contributed by atoms with E-state index in [1.165, 1.54) is 0 Å². The van der Waals surface area contributed by atoms with Crippen molar-refractivity contribution in [3.8, 4) is 5.75 Å². The molecule has 16 heavy (non-hydrogen) atoms. The average molecular weight is 286 g/mol. The first-order valence-electron chi connectivity index (χ1n) is 5.53. The Kier molecular flexibility index (Phi) is 3.84. The lowest BCUT2D eigenvalue weighted by Crippen LogP contribution is -2.27. The van der Waals surface area contributed by atoms with Crippen molar-refractivity contribution in [1.29, 1.82) is 0 Å². The number of aliphatic hydroxyl groups is 1. The van der Waals surface area contributed by atoms with Crippen molar-refractivity contribution in [2.45, 2.75) is 25.5 Å². The van der Waals surface area contributed by atoms with E-state index in [0.29, 0.717) is 23.5 Å². The van der Waals surface area contributed by atoms with Gasteiger partial charge in [0.2, 0.25) is 0 Å². The Morgan fingerprint density at radius 2 is 2.19 bits per heavy atom. The largest absolute Gasteiger partial charge is 0.507 e. The smallest absolute Gasteiger partial charge is 0.129 e. The van der Waals surface area contributed by atoms with Crippen molar-refractivity contribution < 1.29 is 10.2 Å². The van der Waals surface area contributed by atoms with Gasteiger partial charge in [-0.15, -0.1) is 0 Å². The number of aromatic hydroxyl groups is 1. The number of aliphatic hydroxyl groups excluding tert-OH is 1. The molecule has 3 nitrogen and oxygen atoms in total. The summed E-state index contributed by atoms with van der Waals surface area (Å²) < 4.78 is 0.703. The van der Waals surface area contributed by atoms with Crippen LogP contribution in [0.25, 0.3) is 0 Å². The zero-order chi connectivity index (χ0) is 11.5. The summed E-state index contributed by atoms with van der Waals surface area (Å²) in [6, 6.07) is 5.42. The maximum atomic E-state index is 9.65. The van der Waals surface area contributed by atoms with E-state index in [4.69, 9.17) is 0 Å². The molecule has 1 aromatic carbocycles. The van der Waals surface area contributed by atoms with Crippen LogP contribution in [-0.2, 0) is 6.54 Å². The van der Waals surface area contributed by atoms with Gasteiger partial charge in [-0.1, -0.05) is 6.07 Å². The van der Waals surface area contributed by atoms with Gasteiger partial charge in [0.25, 0.3) is 0 Å². The summed E-state index contributed by atoms with van der Waals surface area (Å²) in [5, 5.41) is 22.2. The highest BCUT2D eigenvalue weighted by Gasteiger charge is 2.28. The molecule has 88 valence electrons. The Balaban J connectivity index is 1.78. The van der Waals surface area contributed by atoms with Gasteiger partial charge >= 0.3 is 0 Å². The Morgan fingerprint density at radius 3 is 2.81 bits per heavy atom. The van der Waals surface area contributed by atoms with Crippen molar-refractivity contribution in [1.82, 2.24) is 5.32 Å². The van der Waals surface area contributed by atoms with Gasteiger partial charge in [-0.25, -0.2) is 0 Å². The van der Waals surface area contributed by atoms with E-state index in [2.05, 4.69) is 21.2 Å². The van der Waals surface area contributed by atoms with Crippen LogP contribution in [0, 0.1) is 5.92 Å². The number of phenolic OH excluding ortho intramolecular Hbond substituents is 1. The van der Waals surface area contributed by atoms with Gasteiger partial charge in [-0.3, -0.25) is 0 Å². The SMILES string of the molecule is Oc1ccc(CNCC(O)C2CC2)cc1Br. The highest BCUT2D eigenvalue weighted by molar-refractivity contribution is 9.10. The Hall–Kier alpha value is -0.580. The average Bonchev–Trinajstić information content (AvgIpc) is 3.07. The van der Waals surface area contributed by atoms with Crippen LogP contribution >= 0.6 is 15.9 Å². The molecule has 0 radical (unpaired) electrons. The molecule has 0 spiro atoms. The van der Waals surface area contributed by atoms with Crippen molar-refractivity contribution in [3.63, 3.8) is 0 Å². The molecule has 0 amide bonds. The molecule has 3 N–H and O–H groups in total. The molecule has 1 saturated carbocycles. The Bertz CT molecular complexity index is 366. The maximum Gasteiger partial charge on any atom is 0.129 e. The van der Waals surface area contributed by atoms with Crippen LogP contribution in [0.15, 0.2) is 22.7 Å². The lowest BCUT2D eigenvalue weighted by Gasteiger charge is -2.10. The number of halogens is 1. The fraction of sp³-hybridized carbons (Fsp3) is 0.500. The fourth-order valence-corrected chi connectivity index (χ4v) is 2.10. The molecular formula is C12H16BrNO2. The zero-order valence-corrected chi connectivity index (χ0v) is 10.6. The first-order chi connectivity index (χ1) is 7.66. The summed E-state index contributed by atoms with van der Waals surface area (Å²) in [4.78, 5) is 0. The van der Waals surface area contributed by atoms with E-state index in [-0.39, 0.29) is 11.9 Å². The lowest BCUT2D eigenvalue weighted by molar-refractivity contribution is 0.148. The highest BCUT2D eigenvalue weighted by Crippen LogP contribution is 2.32. The minimum atomic E-state index is -0.208. The second-order valence-electron chi connectivity index (χ2n) is 4.32. The third-order valence-electron chi connectivity index (χ3n) is 2.86. The standard InChI is InChI=1S/C12H16BrNO2/c13-10-5-8(1-4-11(10)15)6-14-7-12(16)9-2-3-9/h1,4-5,9,12,14-16H,2-3,6-7H2. The number of benzene rings is 1. The summed E-state index contributed by atoms with van der Waals surface area (Å²) in [5.41, 5.74) is 1.09. The molecule has 1 aromatic rings. The van der Waals surface area contributed by atoms with E-state index in [1.54, 1.807) is 6.07 Å². The zero-order valence-electron chi connectivity index (χ0n) is 8.99. The fourth-order valence-electron chi connectivity index (χ4n) is 1.67. The normalized spacial score (nSPS) is 17.4. The van der Waals surface area contributed by atoms with Crippen LogP contribution < -0.4 is 5.32 Å². The van der Waals surface area contributed by atoms with E-state index in [0.717, 1.165) is 18.4 Å². The third kappa shape index (κ3) is 3.20. The second kappa shape index (κ2) is 5.17. The van der Waals surface area contributed by atoms with Crippen molar-refractivity contribution in [3.05, 3.63) is 28.2 Å². The van der Waals surface area contributed by atoms with Gasteiger partial charge in [0, 0.05) is 13.1 Å². The van der Waals surface area contributed by atoms with E-state index < -0.39 is 0 Å². The minimum absolute atomic E-state index is 0.208. The molecule has 1 aliphatic rings. The highest BCUT2D eigenvalue weighted by atomic mass is 79.9. The van der Waals surface area contributed by atoms with Crippen LogP contribution in [0.4, 0.5) is 0 Å². The third-order valence-corrected chi connectivity index (χ3v) is 3.50. The molecule has 0 aliphatic heterocycles. The minimum Gasteiger partial charge on any atom is -0.507 e. The lowest BCUT2D eigenvalue weighted by atomic mass is 10.2. The van der Waals surface area contributed by atoms with Gasteiger partial charge < -0.3 is 15.5 Å². The molecule has 1 aliphatic carbocycles. The molecule has 0 bridgehead atoms. The number of hydrogen-bond donors (Lipinski definition) is 3. The maximum absolute atomic E-state index is 9.65. The first-order valence-corrected chi connectivity index (χ1v) is 6.32. The molecule has 1 fully saturated rings. The molecule has 0 saturated heterocycles. The van der Waals surface area contributed by atoms with Crippen molar-refractivity contribution >= 4 is 15.9 Å². The summed E-state index contributed by atoms with van der Waals surface area (Å²) in [6.45, 7) is 1.35. The predicted octanol–water partition coefficient (Wildman–Crippen LogP) is 2.02. The van der Waals surface area contributed by atoms with Crippen molar-refractivity contribution in [2.24, 2.45) is 5.92 Å². The van der Waals surface area contributed by atoms with E-state index in [1.807, 2.05) is 12.1 Å². The molecule has 1 atom stereocenters. The molecular weight excluding hydrogens is 270 g/mol. The van der Waals surface area contributed by atoms with Gasteiger partial charge in [0.05, 0.1) is 10.6 Å². The van der Waals surface area contributed by atoms with E-state index >= 15 is 0 Å². The van der Waals surface area contributed by atoms with Crippen molar-refractivity contribution in [2.75, 3.05) is 6.54 Å². The summed E-state index contributed by atoms with van der Waals surface area (Å²) in [5.74, 6) is 0.765. The summed E-state index contributed by atoms with van der Waals surface area (Å²) in [6.07, 6.45) is 2.11.